The number of phenolic OH excluding ortho intramolecular Hbond substituents is 1. The molecule has 1 saturated heterocycles. The van der Waals surface area contributed by atoms with Crippen molar-refractivity contribution in [3.05, 3.63) is 47.5 Å². The van der Waals surface area contributed by atoms with Gasteiger partial charge in [-0.25, -0.2) is 0 Å². The predicted octanol–water partition coefficient (Wildman–Crippen LogP) is 0.00320. The van der Waals surface area contributed by atoms with Gasteiger partial charge in [0.1, 0.15) is 39.3 Å². The van der Waals surface area contributed by atoms with Crippen LogP contribution in [0.15, 0.2) is 36.4 Å². The minimum absolute atomic E-state index is 0.216. The van der Waals surface area contributed by atoms with Gasteiger partial charge in [0, 0.05) is 11.1 Å². The summed E-state index contributed by atoms with van der Waals surface area (Å²) < 4.78 is 16.4. The molecule has 4 rings (SSSR count). The van der Waals surface area contributed by atoms with Crippen molar-refractivity contribution in [1.29, 1.82) is 0 Å². The van der Waals surface area contributed by atoms with Crippen LogP contribution in [0.2, 0.25) is 0 Å². The average molecular weight is 372 g/mol. The number of ether oxygens (including phenoxy) is 3. The molecule has 144 valence electrons. The predicted molar refractivity (Wildman–Crippen MR) is 101 cm³/mol. The molecule has 6 nitrogen and oxygen atoms in total. The van der Waals surface area contributed by atoms with Gasteiger partial charge in [-0.05, 0) is 43.3 Å². The van der Waals surface area contributed by atoms with Gasteiger partial charge in [0.25, 0.3) is 0 Å². The van der Waals surface area contributed by atoms with E-state index in [2.05, 4.69) is 12.1 Å². The number of piperazine rings is 1. The number of aromatic hydroxyl groups is 1. The summed E-state index contributed by atoms with van der Waals surface area (Å²) in [6.45, 7) is 9.41. The number of hydrogen-bond acceptors (Lipinski definition) is 4. The van der Waals surface area contributed by atoms with Gasteiger partial charge < -0.3 is 29.1 Å². The summed E-state index contributed by atoms with van der Waals surface area (Å²) in [5.41, 5.74) is 2.52. The van der Waals surface area contributed by atoms with Gasteiger partial charge in [-0.3, -0.25) is 0 Å². The van der Waals surface area contributed by atoms with Crippen LogP contribution < -0.4 is 24.0 Å². The second-order valence-electron chi connectivity index (χ2n) is 7.28. The van der Waals surface area contributed by atoms with Crippen LogP contribution >= 0.6 is 0 Å². The highest BCUT2D eigenvalue weighted by molar-refractivity contribution is 5.44. The van der Waals surface area contributed by atoms with E-state index in [0.717, 1.165) is 50.8 Å². The second kappa shape index (κ2) is 8.06. The van der Waals surface area contributed by atoms with Crippen LogP contribution in [-0.4, -0.2) is 44.7 Å². The lowest BCUT2D eigenvalue weighted by Gasteiger charge is -2.30. The van der Waals surface area contributed by atoms with Gasteiger partial charge >= 0.3 is 0 Å². The number of fused-ring (bicyclic) bond motifs is 1. The molecule has 3 N–H and O–H groups in total. The fourth-order valence-corrected chi connectivity index (χ4v) is 3.88. The minimum Gasteiger partial charge on any atom is -0.504 e. The number of hydrogen-bond donors (Lipinski definition) is 3. The van der Waals surface area contributed by atoms with E-state index in [1.165, 1.54) is 11.1 Å². The topological polar surface area (TPSA) is 56.8 Å². The number of benzene rings is 2. The molecule has 1 fully saturated rings. The van der Waals surface area contributed by atoms with E-state index in [0.29, 0.717) is 19.1 Å². The van der Waals surface area contributed by atoms with Crippen molar-refractivity contribution in [3.63, 3.8) is 0 Å². The van der Waals surface area contributed by atoms with Crippen LogP contribution in [0.25, 0.3) is 0 Å². The number of rotatable bonds is 6. The third-order valence-corrected chi connectivity index (χ3v) is 5.33. The molecule has 2 heterocycles. The molecule has 0 unspecified atom stereocenters. The average Bonchev–Trinajstić information content (AvgIpc) is 3.14. The fraction of sp³-hybridized carbons (Fsp3) is 0.429. The molecule has 2 aliphatic rings. The molecule has 0 aliphatic carbocycles. The van der Waals surface area contributed by atoms with Crippen LogP contribution in [0, 0.1) is 0 Å². The Hall–Kier alpha value is -2.44. The normalized spacial score (nSPS) is 21.2. The Morgan fingerprint density at radius 3 is 2.22 bits per heavy atom. The lowest BCUT2D eigenvalue weighted by atomic mass is 10.1. The molecule has 0 saturated carbocycles. The molecule has 2 aromatic rings. The number of phenols is 1. The molecule has 27 heavy (non-hydrogen) atoms. The van der Waals surface area contributed by atoms with Crippen molar-refractivity contribution < 1.29 is 29.1 Å². The van der Waals surface area contributed by atoms with Gasteiger partial charge in [0.05, 0.1) is 6.61 Å². The molecule has 0 bridgehead atoms. The fourth-order valence-electron chi connectivity index (χ4n) is 3.88. The second-order valence-corrected chi connectivity index (χ2v) is 7.28. The van der Waals surface area contributed by atoms with E-state index in [-0.39, 0.29) is 5.75 Å². The zero-order valence-corrected chi connectivity index (χ0v) is 15.8. The summed E-state index contributed by atoms with van der Waals surface area (Å²) in [7, 11) is 0. The van der Waals surface area contributed by atoms with E-state index in [1.807, 2.05) is 25.1 Å². The van der Waals surface area contributed by atoms with Crippen molar-refractivity contribution in [2.75, 3.05) is 39.6 Å². The van der Waals surface area contributed by atoms with Crippen molar-refractivity contribution in [2.45, 2.75) is 20.0 Å². The molecule has 0 amide bonds. The van der Waals surface area contributed by atoms with Crippen LogP contribution in [0.1, 0.15) is 18.1 Å². The third kappa shape index (κ3) is 4.28. The lowest BCUT2D eigenvalue weighted by Crippen LogP contribution is -3.27. The first-order valence-corrected chi connectivity index (χ1v) is 9.71. The Morgan fingerprint density at radius 2 is 1.52 bits per heavy atom. The SMILES string of the molecule is CCOc1cc(C[NH+]2CC[NH+](Cc3ccc4c(c3)OCO4)CC2)ccc1O. The molecule has 0 radical (unpaired) electrons. The van der Waals surface area contributed by atoms with Gasteiger partial charge in [-0.2, -0.15) is 0 Å². The minimum atomic E-state index is 0.216. The van der Waals surface area contributed by atoms with E-state index >= 15 is 0 Å². The quantitative estimate of drug-likeness (QED) is 0.668. The highest BCUT2D eigenvalue weighted by atomic mass is 16.7. The van der Waals surface area contributed by atoms with Crippen molar-refractivity contribution in [3.8, 4) is 23.0 Å². The summed E-state index contributed by atoms with van der Waals surface area (Å²) >= 11 is 0. The highest BCUT2D eigenvalue weighted by Crippen LogP contribution is 2.32. The van der Waals surface area contributed by atoms with Gasteiger partial charge in [0.2, 0.25) is 6.79 Å². The molecular weight excluding hydrogens is 344 g/mol. The van der Waals surface area contributed by atoms with Crippen LogP contribution in [0.3, 0.4) is 0 Å². The maximum Gasteiger partial charge on any atom is 0.231 e. The van der Waals surface area contributed by atoms with Crippen LogP contribution in [0.5, 0.6) is 23.0 Å². The molecule has 6 heteroatoms. The number of quaternary nitrogens is 2. The van der Waals surface area contributed by atoms with E-state index in [4.69, 9.17) is 14.2 Å². The molecule has 0 atom stereocenters. The van der Waals surface area contributed by atoms with Gasteiger partial charge in [0.15, 0.2) is 23.0 Å². The third-order valence-electron chi connectivity index (χ3n) is 5.33. The van der Waals surface area contributed by atoms with Crippen molar-refractivity contribution in [1.82, 2.24) is 0 Å². The zero-order valence-electron chi connectivity index (χ0n) is 15.8. The van der Waals surface area contributed by atoms with Gasteiger partial charge in [-0.15, -0.1) is 0 Å². The maximum atomic E-state index is 9.85. The number of nitrogens with one attached hydrogen (secondary N) is 2. The van der Waals surface area contributed by atoms with Crippen molar-refractivity contribution >= 4 is 0 Å². The summed E-state index contributed by atoms with van der Waals surface area (Å²) in [6.07, 6.45) is 0. The van der Waals surface area contributed by atoms with Crippen LogP contribution in [0.4, 0.5) is 0 Å². The maximum absolute atomic E-state index is 9.85. The Kier molecular flexibility index (Phi) is 5.36. The monoisotopic (exact) mass is 372 g/mol. The molecule has 2 aliphatic heterocycles. The molecule has 0 aromatic heterocycles. The summed E-state index contributed by atoms with van der Waals surface area (Å²) in [5.74, 6) is 2.52. The standard InChI is InChI=1S/C21H26N2O4/c1-2-25-20-11-16(3-5-18(20)24)13-22-7-9-23(10-8-22)14-17-4-6-19-21(12-17)27-15-26-19/h3-6,11-12,24H,2,7-10,13-15H2,1H3/p+2. The molecule has 2 aromatic carbocycles. The Labute approximate surface area is 159 Å². The van der Waals surface area contributed by atoms with Crippen molar-refractivity contribution in [2.24, 2.45) is 0 Å². The first kappa shape index (κ1) is 17.9. The van der Waals surface area contributed by atoms with E-state index in [9.17, 15) is 5.11 Å². The van der Waals surface area contributed by atoms with Gasteiger partial charge in [-0.1, -0.05) is 0 Å². The first-order chi connectivity index (χ1) is 13.2. The summed E-state index contributed by atoms with van der Waals surface area (Å²) in [6, 6.07) is 12.0. The Balaban J connectivity index is 1.29. The van der Waals surface area contributed by atoms with E-state index in [1.54, 1.807) is 15.9 Å². The summed E-state index contributed by atoms with van der Waals surface area (Å²) in [5, 5.41) is 9.85. The summed E-state index contributed by atoms with van der Waals surface area (Å²) in [4.78, 5) is 3.19. The lowest BCUT2D eigenvalue weighted by molar-refractivity contribution is -1.02. The highest BCUT2D eigenvalue weighted by Gasteiger charge is 2.24. The smallest absolute Gasteiger partial charge is 0.231 e. The Morgan fingerprint density at radius 1 is 0.889 bits per heavy atom. The molecular formula is C21H28N2O4+2. The molecule has 0 spiro atoms. The van der Waals surface area contributed by atoms with Crippen LogP contribution in [-0.2, 0) is 13.1 Å². The largest absolute Gasteiger partial charge is 0.504 e. The Bertz CT molecular complexity index is 788. The zero-order chi connectivity index (χ0) is 18.6. The first-order valence-electron chi connectivity index (χ1n) is 9.71. The van der Waals surface area contributed by atoms with E-state index < -0.39 is 0 Å².